The Balaban J connectivity index is 0. The van der Waals surface area contributed by atoms with Crippen molar-refractivity contribution < 1.29 is 22.4 Å². The molecule has 0 bridgehead atoms. The molecule has 4 heteroatoms. The SMILES string of the molecule is [N-]=[N+]=[N-].[Ta]. The summed E-state index contributed by atoms with van der Waals surface area (Å²) in [5.41, 5.74) is 13.5. The summed E-state index contributed by atoms with van der Waals surface area (Å²) in [6.07, 6.45) is 0. The van der Waals surface area contributed by atoms with Crippen LogP contribution in [0.2, 0.25) is 0 Å². The monoisotopic (exact) mass is 223 g/mol. The zero-order valence-electron chi connectivity index (χ0n) is 1.79. The molecule has 0 saturated carbocycles. The van der Waals surface area contributed by atoms with Crippen molar-refractivity contribution in [3.8, 4) is 0 Å². The average Bonchev–Trinajstić information content (AvgIpc) is 0.918. The van der Waals surface area contributed by atoms with Crippen LogP contribution < -0.4 is 0 Å². The third-order valence-electron chi connectivity index (χ3n) is 0. The van der Waals surface area contributed by atoms with Gasteiger partial charge in [-0.2, -0.15) is 0 Å². The van der Waals surface area contributed by atoms with E-state index in [1.165, 1.54) is 4.91 Å². The molecule has 0 spiro atoms. The van der Waals surface area contributed by atoms with Crippen molar-refractivity contribution in [2.45, 2.75) is 0 Å². The fourth-order valence-electron chi connectivity index (χ4n) is 0. The molecular weight excluding hydrogens is 223 g/mol. The Morgan fingerprint density at radius 3 is 1.25 bits per heavy atom. The summed E-state index contributed by atoms with van der Waals surface area (Å²) in [6.45, 7) is 0. The van der Waals surface area contributed by atoms with Gasteiger partial charge in [-0.3, -0.25) is 4.91 Å². The van der Waals surface area contributed by atoms with Crippen molar-refractivity contribution in [1.29, 1.82) is 0 Å². The van der Waals surface area contributed by atoms with Crippen LogP contribution in [0.3, 0.4) is 0 Å². The van der Waals surface area contributed by atoms with Crippen molar-refractivity contribution in [3.05, 3.63) is 16.0 Å². The van der Waals surface area contributed by atoms with E-state index in [0.717, 1.165) is 0 Å². The van der Waals surface area contributed by atoms with Gasteiger partial charge < -0.3 is 11.1 Å². The maximum Gasteiger partial charge on any atom is 0 e. The van der Waals surface area contributed by atoms with Crippen LogP contribution in [0.4, 0.5) is 0 Å². The van der Waals surface area contributed by atoms with Gasteiger partial charge in [0.25, 0.3) is 0 Å². The van der Waals surface area contributed by atoms with Gasteiger partial charge in [0, 0.05) is 22.4 Å². The molecule has 0 N–H and O–H groups in total. The molecule has 0 aromatic rings. The van der Waals surface area contributed by atoms with Gasteiger partial charge >= 0.3 is 0 Å². The largest absolute Gasteiger partial charge is 0.373 e. The van der Waals surface area contributed by atoms with E-state index in [4.69, 9.17) is 11.1 Å². The second-order valence-corrected chi connectivity index (χ2v) is 0.0894. The molecule has 4 heavy (non-hydrogen) atoms. The minimum atomic E-state index is 0. The third kappa shape index (κ3) is 895. The van der Waals surface area contributed by atoms with Gasteiger partial charge in [0.15, 0.2) is 0 Å². The zero-order valence-corrected chi connectivity index (χ0v) is 5.00. The Morgan fingerprint density at radius 2 is 1.25 bits per heavy atom. The third-order valence-corrected chi connectivity index (χ3v) is 0. The smallest absolute Gasteiger partial charge is 0 e. The van der Waals surface area contributed by atoms with Crippen molar-refractivity contribution >= 4 is 0 Å². The van der Waals surface area contributed by atoms with Crippen LogP contribution in [-0.2, 0) is 22.4 Å². The molecule has 1 radical (unpaired) electrons. The summed E-state index contributed by atoms with van der Waals surface area (Å²) < 4.78 is 0. The number of rotatable bonds is 0. The molecule has 0 unspecified atom stereocenters. The van der Waals surface area contributed by atoms with Crippen molar-refractivity contribution in [2.24, 2.45) is 0 Å². The molecule has 0 amide bonds. The Morgan fingerprint density at radius 1 is 1.25 bits per heavy atom. The molecule has 0 fully saturated rings. The standard InChI is InChI=1S/N3.Ta/c1-3-2;/q-1;. The van der Waals surface area contributed by atoms with Crippen LogP contribution in [0.25, 0.3) is 16.0 Å². The summed E-state index contributed by atoms with van der Waals surface area (Å²) in [5, 5.41) is 0. The maximum atomic E-state index is 6.75. The van der Waals surface area contributed by atoms with Crippen LogP contribution in [-0.4, -0.2) is 0 Å². The Labute approximate surface area is 38.9 Å². The van der Waals surface area contributed by atoms with Crippen molar-refractivity contribution in [3.63, 3.8) is 0 Å². The van der Waals surface area contributed by atoms with E-state index >= 15 is 0 Å². The molecule has 0 rings (SSSR count). The van der Waals surface area contributed by atoms with E-state index in [-0.39, 0.29) is 22.4 Å². The maximum absolute atomic E-state index is 6.75. The quantitative estimate of drug-likeness (QED) is 0.332. The predicted molar refractivity (Wildman–Crippen MR) is 10.1 cm³/mol. The molecule has 0 atom stereocenters. The normalized spacial score (nSPS) is 2.00. The fourth-order valence-corrected chi connectivity index (χ4v) is 0. The molecule has 21 valence electrons. The molecule has 0 aliphatic heterocycles. The van der Waals surface area contributed by atoms with E-state index in [1.807, 2.05) is 0 Å². The van der Waals surface area contributed by atoms with Crippen LogP contribution in [0.15, 0.2) is 0 Å². The predicted octanol–water partition coefficient (Wildman–Crippen LogP) is 0.864. The number of hydrogen-bond donors (Lipinski definition) is 0. The van der Waals surface area contributed by atoms with E-state index < -0.39 is 0 Å². The first-order chi connectivity index (χ1) is 1.41. The summed E-state index contributed by atoms with van der Waals surface area (Å²) in [6, 6.07) is 0. The molecule has 0 aromatic heterocycles. The number of nitrogens with zero attached hydrogens (tertiary/aromatic N) is 3. The van der Waals surface area contributed by atoms with Gasteiger partial charge in [-0.15, -0.1) is 0 Å². The van der Waals surface area contributed by atoms with E-state index in [1.54, 1.807) is 0 Å². The fraction of sp³-hybridized carbons (Fsp3) is 0. The molecule has 0 aliphatic rings. The molecule has 0 aromatic carbocycles. The topological polar surface area (TPSA) is 58.7 Å². The minimum absolute atomic E-state index is 0. The molecule has 0 saturated heterocycles. The first kappa shape index (κ1) is 8.96. The van der Waals surface area contributed by atoms with Gasteiger partial charge in [-0.25, -0.2) is 0 Å². The second-order valence-electron chi connectivity index (χ2n) is 0.0894. The zero-order chi connectivity index (χ0) is 2.71. The average molecular weight is 223 g/mol. The van der Waals surface area contributed by atoms with E-state index in [9.17, 15) is 0 Å². The van der Waals surface area contributed by atoms with Crippen LogP contribution in [0.5, 0.6) is 0 Å². The van der Waals surface area contributed by atoms with Gasteiger partial charge in [0.05, 0.1) is 0 Å². The van der Waals surface area contributed by atoms with Gasteiger partial charge in [0.2, 0.25) is 0 Å². The van der Waals surface area contributed by atoms with Crippen molar-refractivity contribution in [1.82, 2.24) is 0 Å². The Kier molecular flexibility index (Phi) is 26.1. The van der Waals surface area contributed by atoms with Gasteiger partial charge in [-0.05, 0) is 0 Å². The number of hydrogen-bond acceptors (Lipinski definition) is 0. The Bertz CT molecular complexity index is 24.3. The van der Waals surface area contributed by atoms with Crippen LogP contribution in [0, 0.1) is 0 Å². The van der Waals surface area contributed by atoms with E-state index in [2.05, 4.69) is 0 Å². The van der Waals surface area contributed by atoms with Crippen LogP contribution in [0.1, 0.15) is 0 Å². The Hall–Kier alpha value is 0.0503. The van der Waals surface area contributed by atoms with Crippen molar-refractivity contribution in [2.75, 3.05) is 0 Å². The molecular formula is N3Ta-. The minimum Gasteiger partial charge on any atom is -0.373 e. The first-order valence-corrected chi connectivity index (χ1v) is 0.400. The summed E-state index contributed by atoms with van der Waals surface area (Å²) in [4.78, 5) is 1.50. The molecule has 0 aliphatic carbocycles. The first-order valence-electron chi connectivity index (χ1n) is 0.400. The summed E-state index contributed by atoms with van der Waals surface area (Å²) in [5.74, 6) is 0. The second kappa shape index (κ2) is 11.6. The summed E-state index contributed by atoms with van der Waals surface area (Å²) >= 11 is 0. The summed E-state index contributed by atoms with van der Waals surface area (Å²) in [7, 11) is 0. The van der Waals surface area contributed by atoms with Crippen LogP contribution >= 0.6 is 0 Å². The van der Waals surface area contributed by atoms with E-state index in [0.29, 0.717) is 0 Å². The molecule has 3 nitrogen and oxygen atoms in total. The molecule has 0 heterocycles. The van der Waals surface area contributed by atoms with Gasteiger partial charge in [0.1, 0.15) is 0 Å². The van der Waals surface area contributed by atoms with Gasteiger partial charge in [-0.1, -0.05) is 0 Å².